The summed E-state index contributed by atoms with van der Waals surface area (Å²) < 4.78 is 0. The van der Waals surface area contributed by atoms with Gasteiger partial charge < -0.3 is 15.6 Å². The molecule has 7 heteroatoms. The van der Waals surface area contributed by atoms with Crippen molar-refractivity contribution in [2.75, 3.05) is 18.9 Å². The minimum atomic E-state index is -0.233. The van der Waals surface area contributed by atoms with Gasteiger partial charge in [0.2, 0.25) is 0 Å². The van der Waals surface area contributed by atoms with Crippen LogP contribution < -0.4 is 10.6 Å². The highest BCUT2D eigenvalue weighted by Crippen LogP contribution is 2.30. The van der Waals surface area contributed by atoms with Gasteiger partial charge in [-0.25, -0.2) is 9.78 Å². The molecule has 2 heterocycles. The zero-order chi connectivity index (χ0) is 21.3. The van der Waals surface area contributed by atoms with Gasteiger partial charge in [-0.15, -0.1) is 0 Å². The van der Waals surface area contributed by atoms with Crippen molar-refractivity contribution in [2.24, 2.45) is 0 Å². The van der Waals surface area contributed by atoms with E-state index in [0.717, 1.165) is 36.2 Å². The van der Waals surface area contributed by atoms with Gasteiger partial charge in [-0.2, -0.15) is 5.26 Å². The number of carbonyl (C=O) groups excluding carboxylic acids is 1. The van der Waals surface area contributed by atoms with E-state index in [1.165, 1.54) is 11.1 Å². The predicted molar refractivity (Wildman–Crippen MR) is 117 cm³/mol. The number of piperidine rings is 1. The maximum Gasteiger partial charge on any atom is 0.319 e. The van der Waals surface area contributed by atoms with Gasteiger partial charge in [0, 0.05) is 18.3 Å². The second kappa shape index (κ2) is 8.17. The van der Waals surface area contributed by atoms with E-state index in [2.05, 4.69) is 59.6 Å². The molecule has 0 aliphatic carbocycles. The van der Waals surface area contributed by atoms with Crippen molar-refractivity contribution in [3.8, 4) is 6.07 Å². The fourth-order valence-electron chi connectivity index (χ4n) is 3.96. The number of hydrogen-bond acceptors (Lipinski definition) is 4. The lowest BCUT2D eigenvalue weighted by Crippen LogP contribution is -2.46. The first-order valence-electron chi connectivity index (χ1n) is 10.2. The summed E-state index contributed by atoms with van der Waals surface area (Å²) in [6, 6.07) is 13.1. The van der Waals surface area contributed by atoms with Crippen LogP contribution in [0.4, 0.5) is 10.5 Å². The Balaban J connectivity index is 1.44. The lowest BCUT2D eigenvalue weighted by atomic mass is 9.97. The number of hydrogen-bond donors (Lipinski definition) is 3. The predicted octanol–water partition coefficient (Wildman–Crippen LogP) is 4.01. The Hall–Kier alpha value is -3.37. The van der Waals surface area contributed by atoms with Gasteiger partial charge in [-0.1, -0.05) is 0 Å². The zero-order valence-corrected chi connectivity index (χ0v) is 17.5. The Bertz CT molecular complexity index is 1070. The molecule has 154 valence electrons. The summed E-state index contributed by atoms with van der Waals surface area (Å²) in [6.45, 7) is 5.08. The van der Waals surface area contributed by atoms with Crippen LogP contribution >= 0.6 is 0 Å². The van der Waals surface area contributed by atoms with Crippen LogP contribution in [0.15, 0.2) is 36.4 Å². The van der Waals surface area contributed by atoms with E-state index in [1.807, 2.05) is 0 Å². The number of rotatable bonds is 3. The van der Waals surface area contributed by atoms with Gasteiger partial charge in [0.25, 0.3) is 0 Å². The van der Waals surface area contributed by atoms with E-state index in [9.17, 15) is 4.79 Å². The van der Waals surface area contributed by atoms with Gasteiger partial charge in [-0.05, 0) is 81.3 Å². The van der Waals surface area contributed by atoms with Crippen molar-refractivity contribution in [3.63, 3.8) is 0 Å². The number of urea groups is 1. The van der Waals surface area contributed by atoms with Crippen molar-refractivity contribution < 1.29 is 4.79 Å². The van der Waals surface area contributed by atoms with Gasteiger partial charge in [0.05, 0.1) is 28.7 Å². The molecule has 1 aliphatic rings. The van der Waals surface area contributed by atoms with Crippen LogP contribution in [0.1, 0.15) is 41.4 Å². The number of fused-ring (bicyclic) bond motifs is 1. The van der Waals surface area contributed by atoms with Crippen LogP contribution in [0.5, 0.6) is 0 Å². The summed E-state index contributed by atoms with van der Waals surface area (Å²) in [7, 11) is 2.10. The van der Waals surface area contributed by atoms with E-state index in [1.54, 1.807) is 24.3 Å². The number of H-pyrrole nitrogens is 1. The standard InChI is InChI=1S/C23H26N6O/c1-14-10-19-20(11-15(14)2)28-22(27-19)21-12-18(8-9-29(21)3)26-23(30)25-17-6-4-16(13-24)5-7-17/h4-7,10-11,18,21H,8-9,12H2,1-3H3,(H,27,28)(H2,25,26,30). The first kappa shape index (κ1) is 19.9. The molecule has 0 radical (unpaired) electrons. The number of aryl methyl sites for hydroxylation is 2. The van der Waals surface area contributed by atoms with Crippen LogP contribution in [0, 0.1) is 25.2 Å². The number of imidazole rings is 1. The minimum absolute atomic E-state index is 0.0567. The van der Waals surface area contributed by atoms with Gasteiger partial charge in [0.15, 0.2) is 0 Å². The van der Waals surface area contributed by atoms with E-state index in [0.29, 0.717) is 11.3 Å². The third kappa shape index (κ3) is 4.14. The summed E-state index contributed by atoms with van der Waals surface area (Å²) in [5, 5.41) is 14.8. The Morgan fingerprint density at radius 1 is 1.23 bits per heavy atom. The average Bonchev–Trinajstić information content (AvgIpc) is 3.12. The molecular formula is C23H26N6O. The molecule has 2 aromatic carbocycles. The molecule has 1 saturated heterocycles. The lowest BCUT2D eigenvalue weighted by Gasteiger charge is -2.36. The fourth-order valence-corrected chi connectivity index (χ4v) is 3.96. The van der Waals surface area contributed by atoms with Crippen molar-refractivity contribution in [3.05, 3.63) is 58.9 Å². The Morgan fingerprint density at radius 3 is 2.70 bits per heavy atom. The summed E-state index contributed by atoms with van der Waals surface area (Å²) >= 11 is 0. The molecule has 3 aromatic rings. The number of benzene rings is 2. The highest BCUT2D eigenvalue weighted by atomic mass is 16.2. The van der Waals surface area contributed by atoms with Crippen LogP contribution in [0.25, 0.3) is 11.0 Å². The number of anilines is 1. The van der Waals surface area contributed by atoms with E-state index in [4.69, 9.17) is 10.2 Å². The summed E-state index contributed by atoms with van der Waals surface area (Å²) in [4.78, 5) is 23.1. The highest BCUT2D eigenvalue weighted by Gasteiger charge is 2.30. The Morgan fingerprint density at radius 2 is 1.97 bits per heavy atom. The van der Waals surface area contributed by atoms with E-state index >= 15 is 0 Å². The summed E-state index contributed by atoms with van der Waals surface area (Å²) in [5.74, 6) is 0.941. The fraction of sp³-hybridized carbons (Fsp3) is 0.348. The molecule has 0 saturated carbocycles. The number of amides is 2. The maximum atomic E-state index is 12.5. The highest BCUT2D eigenvalue weighted by molar-refractivity contribution is 5.89. The Kier molecular flexibility index (Phi) is 5.42. The van der Waals surface area contributed by atoms with Crippen molar-refractivity contribution in [1.82, 2.24) is 20.2 Å². The normalized spacial score (nSPS) is 19.4. The monoisotopic (exact) mass is 402 g/mol. The largest absolute Gasteiger partial charge is 0.341 e. The second-order valence-electron chi connectivity index (χ2n) is 8.08. The number of nitrogens with one attached hydrogen (secondary N) is 3. The molecule has 30 heavy (non-hydrogen) atoms. The van der Waals surface area contributed by atoms with Gasteiger partial charge >= 0.3 is 6.03 Å². The van der Waals surface area contributed by atoms with Crippen LogP contribution in [-0.2, 0) is 0 Å². The first-order valence-corrected chi connectivity index (χ1v) is 10.2. The molecule has 1 aliphatic heterocycles. The smallest absolute Gasteiger partial charge is 0.319 e. The third-order valence-corrected chi connectivity index (χ3v) is 5.91. The van der Waals surface area contributed by atoms with E-state index in [-0.39, 0.29) is 18.1 Å². The lowest BCUT2D eigenvalue weighted by molar-refractivity contribution is 0.153. The number of aromatic nitrogens is 2. The van der Waals surface area contributed by atoms with Gasteiger partial charge in [0.1, 0.15) is 5.82 Å². The second-order valence-corrected chi connectivity index (χ2v) is 8.08. The molecule has 3 N–H and O–H groups in total. The quantitative estimate of drug-likeness (QED) is 0.617. The minimum Gasteiger partial charge on any atom is -0.341 e. The molecule has 7 nitrogen and oxygen atoms in total. The van der Waals surface area contributed by atoms with Crippen molar-refractivity contribution in [1.29, 1.82) is 5.26 Å². The van der Waals surface area contributed by atoms with E-state index < -0.39 is 0 Å². The molecule has 4 rings (SSSR count). The molecule has 0 spiro atoms. The first-order chi connectivity index (χ1) is 14.4. The molecule has 0 bridgehead atoms. The van der Waals surface area contributed by atoms with Gasteiger partial charge in [-0.3, -0.25) is 4.90 Å². The SMILES string of the molecule is Cc1cc2nc(C3CC(NC(=O)Nc4ccc(C#N)cc4)CCN3C)[nH]c2cc1C. The number of likely N-dealkylation sites (tertiary alicyclic amines) is 1. The van der Waals surface area contributed by atoms with Crippen LogP contribution in [0.2, 0.25) is 0 Å². The average molecular weight is 403 g/mol. The third-order valence-electron chi connectivity index (χ3n) is 5.91. The zero-order valence-electron chi connectivity index (χ0n) is 17.5. The molecule has 2 amide bonds. The summed E-state index contributed by atoms with van der Waals surface area (Å²) in [5.41, 5.74) is 5.74. The molecule has 2 atom stereocenters. The number of nitriles is 1. The van der Waals surface area contributed by atoms with Crippen molar-refractivity contribution in [2.45, 2.75) is 38.8 Å². The number of nitrogens with zero attached hydrogens (tertiary/aromatic N) is 3. The molecule has 2 unspecified atom stereocenters. The molecular weight excluding hydrogens is 376 g/mol. The van der Waals surface area contributed by atoms with Crippen molar-refractivity contribution >= 4 is 22.8 Å². The molecule has 1 aromatic heterocycles. The van der Waals surface area contributed by atoms with Crippen LogP contribution in [-0.4, -0.2) is 40.5 Å². The Labute approximate surface area is 176 Å². The topological polar surface area (TPSA) is 96.8 Å². The molecule has 1 fully saturated rings. The maximum absolute atomic E-state index is 12.5. The van der Waals surface area contributed by atoms with Crippen LogP contribution in [0.3, 0.4) is 0 Å². The number of aromatic amines is 1. The summed E-state index contributed by atoms with van der Waals surface area (Å²) in [6.07, 6.45) is 1.67. The number of carbonyl (C=O) groups is 1.